The van der Waals surface area contributed by atoms with E-state index in [1.54, 1.807) is 6.21 Å². The highest BCUT2D eigenvalue weighted by Gasteiger charge is 2.05. The van der Waals surface area contributed by atoms with Gasteiger partial charge in [-0.15, -0.1) is 0 Å². The Kier molecular flexibility index (Phi) is 3.35. The molecule has 0 radical (unpaired) electrons. The highest BCUT2D eigenvalue weighted by Crippen LogP contribution is 2.26. The van der Waals surface area contributed by atoms with E-state index < -0.39 is 0 Å². The molecule has 0 aliphatic rings. The van der Waals surface area contributed by atoms with Gasteiger partial charge in [0, 0.05) is 10.6 Å². The third-order valence-corrected chi connectivity index (χ3v) is 3.21. The fourth-order valence-corrected chi connectivity index (χ4v) is 1.89. The molecule has 0 unspecified atom stereocenters. The normalized spacial score (nSPS) is 11.3. The number of aromatic nitrogens is 3. The summed E-state index contributed by atoms with van der Waals surface area (Å²) < 4.78 is 5.69. The fraction of sp³-hybridized carbons (Fsp3) is 0.0714. The number of halogens is 1. The second kappa shape index (κ2) is 5.30. The Morgan fingerprint density at radius 3 is 2.95 bits per heavy atom. The van der Waals surface area contributed by atoms with Gasteiger partial charge in [-0.3, -0.25) is 0 Å². The van der Waals surface area contributed by atoms with Crippen LogP contribution in [0.1, 0.15) is 11.3 Å². The van der Waals surface area contributed by atoms with Crippen molar-refractivity contribution in [2.75, 3.05) is 0 Å². The molecule has 0 bridgehead atoms. The lowest BCUT2D eigenvalue weighted by molar-refractivity contribution is 0.575. The molecule has 0 spiro atoms. The van der Waals surface area contributed by atoms with Gasteiger partial charge < -0.3 is 4.42 Å². The quantitative estimate of drug-likeness (QED) is 0.745. The van der Waals surface area contributed by atoms with Crippen molar-refractivity contribution >= 4 is 23.8 Å². The summed E-state index contributed by atoms with van der Waals surface area (Å²) in [6, 6.07) is 9.53. The average molecular weight is 287 g/mol. The molecule has 0 aliphatic heterocycles. The highest BCUT2D eigenvalue weighted by atomic mass is 35.5. The second-order valence-electron chi connectivity index (χ2n) is 4.23. The van der Waals surface area contributed by atoms with Crippen LogP contribution in [0, 0.1) is 6.92 Å². The molecule has 20 heavy (non-hydrogen) atoms. The van der Waals surface area contributed by atoms with Crippen LogP contribution in [-0.2, 0) is 0 Å². The summed E-state index contributed by atoms with van der Waals surface area (Å²) in [6.07, 6.45) is 2.98. The van der Waals surface area contributed by atoms with E-state index in [9.17, 15) is 0 Å². The summed E-state index contributed by atoms with van der Waals surface area (Å²) in [4.78, 5) is 8.00. The van der Waals surface area contributed by atoms with Gasteiger partial charge in [-0.1, -0.05) is 23.7 Å². The molecule has 5 nitrogen and oxygen atoms in total. The number of nitrogens with zero attached hydrogens (tertiary/aromatic N) is 3. The monoisotopic (exact) mass is 286 g/mol. The topological polar surface area (TPSA) is 67.1 Å². The van der Waals surface area contributed by atoms with Crippen LogP contribution in [0.25, 0.3) is 11.3 Å². The predicted octanol–water partition coefficient (Wildman–Crippen LogP) is 3.78. The number of aryl methyl sites for hydroxylation is 1. The molecule has 2 aromatic heterocycles. The lowest BCUT2D eigenvalue weighted by Gasteiger charge is -2.00. The largest absolute Gasteiger partial charge is 0.455 e. The average Bonchev–Trinajstić information content (AvgIpc) is 3.10. The second-order valence-corrected chi connectivity index (χ2v) is 4.64. The Morgan fingerprint density at radius 2 is 2.20 bits per heavy atom. The van der Waals surface area contributed by atoms with Gasteiger partial charge >= 0.3 is 0 Å². The third kappa shape index (κ3) is 2.62. The zero-order valence-corrected chi connectivity index (χ0v) is 11.4. The molecular formula is C14H11ClN4O. The first-order chi connectivity index (χ1) is 9.72. The van der Waals surface area contributed by atoms with Crippen molar-refractivity contribution in [3.8, 4) is 11.3 Å². The van der Waals surface area contributed by atoms with Crippen LogP contribution in [0.2, 0.25) is 5.02 Å². The van der Waals surface area contributed by atoms with Crippen molar-refractivity contribution < 1.29 is 4.42 Å². The smallest absolute Gasteiger partial charge is 0.245 e. The van der Waals surface area contributed by atoms with Gasteiger partial charge in [-0.05, 0) is 30.7 Å². The van der Waals surface area contributed by atoms with Crippen molar-refractivity contribution in [3.63, 3.8) is 0 Å². The van der Waals surface area contributed by atoms with E-state index in [-0.39, 0.29) is 0 Å². The van der Waals surface area contributed by atoms with Crippen LogP contribution >= 0.6 is 11.6 Å². The van der Waals surface area contributed by atoms with E-state index in [1.807, 2.05) is 37.3 Å². The van der Waals surface area contributed by atoms with Crippen LogP contribution in [0.5, 0.6) is 0 Å². The molecule has 3 rings (SSSR count). The van der Waals surface area contributed by atoms with Gasteiger partial charge in [0.2, 0.25) is 5.95 Å². The van der Waals surface area contributed by atoms with Crippen molar-refractivity contribution in [1.82, 2.24) is 15.2 Å². The van der Waals surface area contributed by atoms with Gasteiger partial charge in [0.05, 0.1) is 6.21 Å². The Balaban J connectivity index is 1.84. The van der Waals surface area contributed by atoms with Crippen LogP contribution in [0.4, 0.5) is 5.95 Å². The molecule has 6 heteroatoms. The van der Waals surface area contributed by atoms with Crippen LogP contribution < -0.4 is 0 Å². The Morgan fingerprint density at radius 1 is 1.30 bits per heavy atom. The van der Waals surface area contributed by atoms with Gasteiger partial charge in [0.15, 0.2) is 0 Å². The molecule has 0 saturated heterocycles. The summed E-state index contributed by atoms with van der Waals surface area (Å²) in [5.74, 6) is 1.81. The lowest BCUT2D eigenvalue weighted by Crippen LogP contribution is -1.78. The number of furan rings is 1. The molecule has 0 amide bonds. The number of hydrogen-bond acceptors (Lipinski definition) is 4. The van der Waals surface area contributed by atoms with Gasteiger partial charge in [0.25, 0.3) is 0 Å². The molecule has 0 saturated carbocycles. The number of benzene rings is 1. The van der Waals surface area contributed by atoms with Crippen LogP contribution in [0.3, 0.4) is 0 Å². The number of aromatic amines is 1. The Bertz CT molecular complexity index is 746. The highest BCUT2D eigenvalue weighted by molar-refractivity contribution is 6.31. The maximum Gasteiger partial charge on any atom is 0.245 e. The summed E-state index contributed by atoms with van der Waals surface area (Å²) in [5.41, 5.74) is 1.97. The number of H-pyrrole nitrogens is 1. The van der Waals surface area contributed by atoms with Crippen LogP contribution in [-0.4, -0.2) is 21.4 Å². The lowest BCUT2D eigenvalue weighted by atomic mass is 10.1. The Hall–Kier alpha value is -2.40. The minimum Gasteiger partial charge on any atom is -0.455 e. The zero-order valence-electron chi connectivity index (χ0n) is 10.7. The number of aliphatic imine (C=N–C) groups is 1. The standard InChI is InChI=1S/C14H11ClN4O/c1-9-2-3-10(6-12(9)15)13-5-4-11(20-13)7-16-14-17-8-18-19-14/h2-8H,1H3,(H,17,18,19)/b16-7+. The first kappa shape index (κ1) is 12.6. The van der Waals surface area contributed by atoms with Crippen molar-refractivity contribution in [2.45, 2.75) is 6.92 Å². The number of nitrogens with one attached hydrogen (secondary N) is 1. The van der Waals surface area contributed by atoms with Crippen molar-refractivity contribution in [2.24, 2.45) is 4.99 Å². The molecule has 1 N–H and O–H groups in total. The van der Waals surface area contributed by atoms with Gasteiger partial charge in [-0.25, -0.2) is 10.1 Å². The van der Waals surface area contributed by atoms with E-state index >= 15 is 0 Å². The summed E-state index contributed by atoms with van der Waals surface area (Å²) >= 11 is 6.11. The SMILES string of the molecule is Cc1ccc(-c2ccc(/C=N/c3ncn[nH]3)o2)cc1Cl. The molecule has 3 aromatic rings. The minimum atomic E-state index is 0.432. The summed E-state index contributed by atoms with van der Waals surface area (Å²) in [6.45, 7) is 1.96. The molecular weight excluding hydrogens is 276 g/mol. The van der Waals surface area contributed by atoms with Gasteiger partial charge in [-0.2, -0.15) is 10.1 Å². The first-order valence-electron chi connectivity index (χ1n) is 5.98. The van der Waals surface area contributed by atoms with E-state index in [1.165, 1.54) is 6.33 Å². The van der Waals surface area contributed by atoms with Gasteiger partial charge in [0.1, 0.15) is 17.8 Å². The van der Waals surface area contributed by atoms with E-state index in [0.717, 1.165) is 21.9 Å². The predicted molar refractivity (Wildman–Crippen MR) is 77.5 cm³/mol. The van der Waals surface area contributed by atoms with E-state index in [4.69, 9.17) is 16.0 Å². The molecule has 100 valence electrons. The molecule has 0 fully saturated rings. The van der Waals surface area contributed by atoms with Crippen LogP contribution in [0.15, 0.2) is 46.1 Å². The number of rotatable bonds is 3. The third-order valence-electron chi connectivity index (χ3n) is 2.80. The maximum absolute atomic E-state index is 6.11. The maximum atomic E-state index is 6.11. The Labute approximate surface area is 120 Å². The molecule has 1 aromatic carbocycles. The summed E-state index contributed by atoms with van der Waals surface area (Å²) in [5, 5.41) is 7.07. The van der Waals surface area contributed by atoms with E-state index in [2.05, 4.69) is 20.2 Å². The summed E-state index contributed by atoms with van der Waals surface area (Å²) in [7, 11) is 0. The minimum absolute atomic E-state index is 0.432. The van der Waals surface area contributed by atoms with Crippen molar-refractivity contribution in [3.05, 3.63) is 53.0 Å². The van der Waals surface area contributed by atoms with E-state index in [0.29, 0.717) is 11.7 Å². The molecule has 0 aliphatic carbocycles. The number of hydrogen-bond donors (Lipinski definition) is 1. The zero-order chi connectivity index (χ0) is 13.9. The molecule has 0 atom stereocenters. The molecule has 2 heterocycles. The fourth-order valence-electron chi connectivity index (χ4n) is 1.71. The van der Waals surface area contributed by atoms with Crippen molar-refractivity contribution in [1.29, 1.82) is 0 Å². The first-order valence-corrected chi connectivity index (χ1v) is 6.36.